The van der Waals surface area contributed by atoms with E-state index in [-0.39, 0.29) is 5.41 Å². The summed E-state index contributed by atoms with van der Waals surface area (Å²) in [5.41, 5.74) is 17.2. The van der Waals surface area contributed by atoms with E-state index in [4.69, 9.17) is 0 Å². The molecular weight excluding hydrogens is 420 g/mol. The lowest BCUT2D eigenvalue weighted by Crippen LogP contribution is -2.27. The fourth-order valence-corrected chi connectivity index (χ4v) is 7.23. The standard InChI is InChI=1S/C35H26/c1-35(2)31-14-8-7-9-23(31)24-17-15-22(20-32(24)35)21-16-18-29-30(19-21)34-27-12-5-3-10-25(27)33(29)26-11-4-6-13-28(26)34/h3-20,33-34H,1-2H3. The highest BCUT2D eigenvalue weighted by molar-refractivity contribution is 5.84. The van der Waals surface area contributed by atoms with Gasteiger partial charge < -0.3 is 0 Å². The summed E-state index contributed by atoms with van der Waals surface area (Å²) in [6.07, 6.45) is 0. The summed E-state index contributed by atoms with van der Waals surface area (Å²) in [6.45, 7) is 4.72. The van der Waals surface area contributed by atoms with Crippen molar-refractivity contribution in [2.24, 2.45) is 0 Å². The van der Waals surface area contributed by atoms with Gasteiger partial charge in [0.2, 0.25) is 0 Å². The number of hydrogen-bond donors (Lipinski definition) is 0. The molecule has 0 spiro atoms. The molecule has 4 aliphatic rings. The van der Waals surface area contributed by atoms with Crippen molar-refractivity contribution in [1.29, 1.82) is 0 Å². The van der Waals surface area contributed by atoms with Crippen LogP contribution in [0.1, 0.15) is 70.2 Å². The van der Waals surface area contributed by atoms with Crippen molar-refractivity contribution in [3.8, 4) is 22.3 Å². The first-order chi connectivity index (χ1) is 17.1. The zero-order chi connectivity index (χ0) is 23.3. The second kappa shape index (κ2) is 6.61. The summed E-state index contributed by atoms with van der Waals surface area (Å²) in [7, 11) is 0. The van der Waals surface area contributed by atoms with Crippen LogP contribution in [0.2, 0.25) is 0 Å². The van der Waals surface area contributed by atoms with E-state index in [1.54, 1.807) is 0 Å². The number of hydrogen-bond acceptors (Lipinski definition) is 0. The van der Waals surface area contributed by atoms with E-state index in [2.05, 4.69) is 123 Å². The van der Waals surface area contributed by atoms with Crippen molar-refractivity contribution in [3.63, 3.8) is 0 Å². The molecule has 4 aliphatic carbocycles. The number of fused-ring (bicyclic) bond motifs is 3. The minimum absolute atomic E-state index is 0.0209. The van der Waals surface area contributed by atoms with Crippen molar-refractivity contribution in [3.05, 3.63) is 154 Å². The Morgan fingerprint density at radius 1 is 0.429 bits per heavy atom. The van der Waals surface area contributed by atoms with E-state index >= 15 is 0 Å². The molecule has 0 radical (unpaired) electrons. The van der Waals surface area contributed by atoms with Gasteiger partial charge in [-0.25, -0.2) is 0 Å². The van der Waals surface area contributed by atoms with Gasteiger partial charge in [-0.3, -0.25) is 0 Å². The highest BCUT2D eigenvalue weighted by Gasteiger charge is 2.41. The Hall–Kier alpha value is -3.90. The van der Waals surface area contributed by atoms with E-state index in [0.717, 1.165) is 0 Å². The maximum absolute atomic E-state index is 2.48. The average molecular weight is 447 g/mol. The lowest BCUT2D eigenvalue weighted by Gasteiger charge is -2.42. The predicted octanol–water partition coefficient (Wildman–Crippen LogP) is 8.65. The molecule has 0 amide bonds. The molecule has 0 N–H and O–H groups in total. The van der Waals surface area contributed by atoms with Gasteiger partial charge in [-0.2, -0.15) is 0 Å². The van der Waals surface area contributed by atoms with Gasteiger partial charge >= 0.3 is 0 Å². The van der Waals surface area contributed by atoms with Gasteiger partial charge in [0.15, 0.2) is 0 Å². The molecule has 0 fully saturated rings. The minimum Gasteiger partial charge on any atom is -0.0619 e. The first-order valence-electron chi connectivity index (χ1n) is 12.7. The summed E-state index contributed by atoms with van der Waals surface area (Å²) < 4.78 is 0. The van der Waals surface area contributed by atoms with Crippen molar-refractivity contribution in [1.82, 2.24) is 0 Å². The number of rotatable bonds is 1. The van der Waals surface area contributed by atoms with Crippen LogP contribution in [-0.4, -0.2) is 0 Å². The zero-order valence-corrected chi connectivity index (χ0v) is 20.0. The van der Waals surface area contributed by atoms with Crippen LogP contribution in [-0.2, 0) is 5.41 Å². The first kappa shape index (κ1) is 19.4. The largest absolute Gasteiger partial charge is 0.0619 e. The van der Waals surface area contributed by atoms with Crippen LogP contribution < -0.4 is 0 Å². The van der Waals surface area contributed by atoms with E-state index in [9.17, 15) is 0 Å². The second-order valence-electron chi connectivity index (χ2n) is 10.9. The number of benzene rings is 5. The fraction of sp³-hybridized carbons (Fsp3) is 0.143. The van der Waals surface area contributed by atoms with Gasteiger partial charge in [0.1, 0.15) is 0 Å². The first-order valence-corrected chi connectivity index (χ1v) is 12.7. The minimum atomic E-state index is 0.0209. The maximum atomic E-state index is 2.48. The Kier molecular flexibility index (Phi) is 3.67. The molecule has 0 atom stereocenters. The predicted molar refractivity (Wildman–Crippen MR) is 144 cm³/mol. The van der Waals surface area contributed by atoms with Gasteiger partial charge in [0, 0.05) is 17.3 Å². The van der Waals surface area contributed by atoms with Crippen LogP contribution in [0.25, 0.3) is 22.3 Å². The molecule has 0 aliphatic heterocycles. The SMILES string of the molecule is CC1(C)c2ccccc2-c2ccc(-c3ccc4c(c3)C3c5ccccc5C4c4ccccc43)cc21. The normalized spacial score (nSPS) is 19.4. The van der Waals surface area contributed by atoms with Crippen LogP contribution >= 0.6 is 0 Å². The van der Waals surface area contributed by atoms with Crippen LogP contribution in [0, 0.1) is 0 Å². The van der Waals surface area contributed by atoms with Crippen molar-refractivity contribution in [2.75, 3.05) is 0 Å². The van der Waals surface area contributed by atoms with Gasteiger partial charge in [-0.1, -0.05) is 111 Å². The Morgan fingerprint density at radius 2 is 0.914 bits per heavy atom. The fourth-order valence-electron chi connectivity index (χ4n) is 7.23. The molecule has 2 bridgehead atoms. The van der Waals surface area contributed by atoms with Crippen LogP contribution in [0.5, 0.6) is 0 Å². The molecule has 0 saturated heterocycles. The summed E-state index contributed by atoms with van der Waals surface area (Å²) in [6, 6.07) is 41.4. The van der Waals surface area contributed by atoms with Crippen molar-refractivity contribution < 1.29 is 0 Å². The third kappa shape index (κ3) is 2.42. The lowest BCUT2D eigenvalue weighted by molar-refractivity contribution is 0.660. The van der Waals surface area contributed by atoms with E-state index in [0.29, 0.717) is 11.8 Å². The third-order valence-electron chi connectivity index (χ3n) is 8.86. The molecule has 5 aromatic rings. The molecule has 9 rings (SSSR count). The van der Waals surface area contributed by atoms with Crippen LogP contribution in [0.15, 0.2) is 109 Å². The molecule has 5 aromatic carbocycles. The Bertz CT molecular complexity index is 1640. The van der Waals surface area contributed by atoms with E-state index in [1.165, 1.54) is 66.8 Å². The summed E-state index contributed by atoms with van der Waals surface area (Å²) in [5.74, 6) is 0.655. The average Bonchev–Trinajstić information content (AvgIpc) is 3.14. The van der Waals surface area contributed by atoms with Crippen molar-refractivity contribution in [2.45, 2.75) is 31.1 Å². The molecule has 0 heterocycles. The van der Waals surface area contributed by atoms with E-state index in [1.807, 2.05) is 0 Å². The van der Waals surface area contributed by atoms with Crippen LogP contribution in [0.4, 0.5) is 0 Å². The topological polar surface area (TPSA) is 0 Å². The molecule has 0 unspecified atom stereocenters. The van der Waals surface area contributed by atoms with Gasteiger partial charge in [0.05, 0.1) is 0 Å². The molecule has 166 valence electrons. The molecule has 0 aromatic heterocycles. The van der Waals surface area contributed by atoms with Crippen molar-refractivity contribution >= 4 is 0 Å². The maximum Gasteiger partial charge on any atom is 0.0349 e. The van der Waals surface area contributed by atoms with Gasteiger partial charge in [-0.15, -0.1) is 0 Å². The monoisotopic (exact) mass is 446 g/mol. The van der Waals surface area contributed by atoms with Crippen LogP contribution in [0.3, 0.4) is 0 Å². The smallest absolute Gasteiger partial charge is 0.0349 e. The summed E-state index contributed by atoms with van der Waals surface area (Å²) >= 11 is 0. The zero-order valence-electron chi connectivity index (χ0n) is 20.0. The summed E-state index contributed by atoms with van der Waals surface area (Å²) in [5, 5.41) is 0. The quantitative estimate of drug-likeness (QED) is 0.237. The van der Waals surface area contributed by atoms with Gasteiger partial charge in [0.25, 0.3) is 0 Å². The molecule has 0 heteroatoms. The molecule has 0 nitrogen and oxygen atoms in total. The highest BCUT2D eigenvalue weighted by Crippen LogP contribution is 2.56. The Labute approximate surface area is 206 Å². The molecule has 0 saturated carbocycles. The van der Waals surface area contributed by atoms with E-state index < -0.39 is 0 Å². The molecular formula is C35H26. The molecule has 35 heavy (non-hydrogen) atoms. The second-order valence-corrected chi connectivity index (χ2v) is 10.9. The summed E-state index contributed by atoms with van der Waals surface area (Å²) in [4.78, 5) is 0. The van der Waals surface area contributed by atoms with Gasteiger partial charge in [-0.05, 0) is 78.9 Å². The Balaban J connectivity index is 1.30. The third-order valence-corrected chi connectivity index (χ3v) is 8.86. The highest BCUT2D eigenvalue weighted by atomic mass is 14.4. The Morgan fingerprint density at radius 3 is 1.60 bits per heavy atom. The lowest BCUT2D eigenvalue weighted by atomic mass is 9.61.